The van der Waals surface area contributed by atoms with Crippen LogP contribution in [-0.2, 0) is 32.6 Å². The first-order chi connectivity index (χ1) is 22.7. The van der Waals surface area contributed by atoms with E-state index in [0.717, 1.165) is 33.8 Å². The molecular weight excluding hydrogens is 614 g/mol. The van der Waals surface area contributed by atoms with Crippen LogP contribution in [0.3, 0.4) is 0 Å². The fourth-order valence-electron chi connectivity index (χ4n) is 5.18. The maximum absolute atomic E-state index is 14.6. The second-order valence-corrected chi connectivity index (χ2v) is 13.1. The summed E-state index contributed by atoms with van der Waals surface area (Å²) in [5.41, 5.74) is 2.95. The van der Waals surface area contributed by atoms with Crippen molar-refractivity contribution in [1.29, 1.82) is 0 Å². The molecule has 0 fully saturated rings. The standard InChI is InChI=1S/C37H43N3O6S/c1-5-6-23-38-37(42)33(24-29-13-9-7-10-14-29)39(26-30-19-17-28(2)18-20-30)36(41)27-40(47(43,44)32-15-11-8-12-16-32)31-21-22-34(45-3)35(25-31)46-4/h7-22,25,33H,5-6,23-24,26-27H2,1-4H3,(H,38,42)/t33-/m1/s1. The zero-order chi connectivity index (χ0) is 33.8. The average molecular weight is 658 g/mol. The van der Waals surface area contributed by atoms with Crippen LogP contribution in [0.15, 0.2) is 108 Å². The van der Waals surface area contributed by atoms with Crippen molar-refractivity contribution in [3.8, 4) is 11.5 Å². The molecule has 248 valence electrons. The van der Waals surface area contributed by atoms with Crippen molar-refractivity contribution in [2.45, 2.75) is 50.6 Å². The molecule has 2 amide bonds. The molecule has 0 aliphatic rings. The van der Waals surface area contributed by atoms with Crippen LogP contribution in [0.1, 0.15) is 36.5 Å². The van der Waals surface area contributed by atoms with E-state index in [1.807, 2.05) is 68.4 Å². The van der Waals surface area contributed by atoms with Crippen molar-refractivity contribution in [2.75, 3.05) is 31.6 Å². The molecule has 0 unspecified atom stereocenters. The molecule has 4 aromatic rings. The Balaban J connectivity index is 1.81. The highest BCUT2D eigenvalue weighted by Crippen LogP contribution is 2.34. The predicted molar refractivity (Wildman–Crippen MR) is 184 cm³/mol. The van der Waals surface area contributed by atoms with Gasteiger partial charge in [-0.3, -0.25) is 13.9 Å². The quantitative estimate of drug-likeness (QED) is 0.154. The van der Waals surface area contributed by atoms with Gasteiger partial charge in [-0.2, -0.15) is 0 Å². The molecule has 10 heteroatoms. The molecule has 0 aromatic heterocycles. The number of sulfonamides is 1. The lowest BCUT2D eigenvalue weighted by Crippen LogP contribution is -2.53. The fourth-order valence-corrected chi connectivity index (χ4v) is 6.61. The van der Waals surface area contributed by atoms with Crippen LogP contribution < -0.4 is 19.1 Å². The zero-order valence-electron chi connectivity index (χ0n) is 27.4. The SMILES string of the molecule is CCCCNC(=O)[C@@H](Cc1ccccc1)N(Cc1ccc(C)cc1)C(=O)CN(c1ccc(OC)c(OC)c1)S(=O)(=O)c1ccccc1. The van der Waals surface area contributed by atoms with Crippen LogP contribution in [0, 0.1) is 6.92 Å². The van der Waals surface area contributed by atoms with E-state index < -0.39 is 28.5 Å². The van der Waals surface area contributed by atoms with Crippen molar-refractivity contribution < 1.29 is 27.5 Å². The van der Waals surface area contributed by atoms with Crippen LogP contribution in [0.25, 0.3) is 0 Å². The van der Waals surface area contributed by atoms with Crippen molar-refractivity contribution in [3.05, 3.63) is 120 Å². The van der Waals surface area contributed by atoms with Crippen molar-refractivity contribution in [1.82, 2.24) is 10.2 Å². The number of aryl methyl sites for hydroxylation is 1. The largest absolute Gasteiger partial charge is 0.493 e. The van der Waals surface area contributed by atoms with Gasteiger partial charge in [0.2, 0.25) is 11.8 Å². The van der Waals surface area contributed by atoms with E-state index in [1.54, 1.807) is 30.3 Å². The van der Waals surface area contributed by atoms with Gasteiger partial charge in [0.15, 0.2) is 11.5 Å². The summed E-state index contributed by atoms with van der Waals surface area (Å²) < 4.78 is 40.3. The number of benzene rings is 4. The lowest BCUT2D eigenvalue weighted by Gasteiger charge is -2.34. The molecule has 0 spiro atoms. The number of hydrogen-bond donors (Lipinski definition) is 1. The van der Waals surface area contributed by atoms with Crippen LogP contribution in [0.5, 0.6) is 11.5 Å². The summed E-state index contributed by atoms with van der Waals surface area (Å²) in [6.07, 6.45) is 1.93. The second kappa shape index (κ2) is 16.6. The molecule has 0 saturated heterocycles. The lowest BCUT2D eigenvalue weighted by atomic mass is 10.0. The maximum Gasteiger partial charge on any atom is 0.264 e. The van der Waals surface area contributed by atoms with Gasteiger partial charge in [0.25, 0.3) is 10.0 Å². The zero-order valence-corrected chi connectivity index (χ0v) is 28.2. The summed E-state index contributed by atoms with van der Waals surface area (Å²) in [5, 5.41) is 3.01. The van der Waals surface area contributed by atoms with Gasteiger partial charge in [0, 0.05) is 25.6 Å². The van der Waals surface area contributed by atoms with Crippen molar-refractivity contribution >= 4 is 27.5 Å². The molecule has 4 rings (SSSR count). The van der Waals surface area contributed by atoms with Gasteiger partial charge in [-0.05, 0) is 48.7 Å². The number of amides is 2. The summed E-state index contributed by atoms with van der Waals surface area (Å²) in [7, 11) is -1.30. The van der Waals surface area contributed by atoms with Gasteiger partial charge in [-0.15, -0.1) is 0 Å². The minimum atomic E-state index is -4.24. The summed E-state index contributed by atoms with van der Waals surface area (Å²) in [6.45, 7) is 4.01. The highest BCUT2D eigenvalue weighted by molar-refractivity contribution is 7.92. The third-order valence-corrected chi connectivity index (χ3v) is 9.63. The first-order valence-electron chi connectivity index (χ1n) is 15.6. The van der Waals surface area contributed by atoms with Gasteiger partial charge in [0.05, 0.1) is 24.8 Å². The molecule has 0 saturated carbocycles. The predicted octanol–water partition coefficient (Wildman–Crippen LogP) is 5.76. The number of hydrogen-bond acceptors (Lipinski definition) is 6. The minimum absolute atomic E-state index is 0.0193. The van der Waals surface area contributed by atoms with Gasteiger partial charge in [-0.1, -0.05) is 91.7 Å². The third-order valence-electron chi connectivity index (χ3n) is 7.84. The Morgan fingerprint density at radius 2 is 1.45 bits per heavy atom. The molecule has 0 aliphatic heterocycles. The molecule has 0 heterocycles. The van der Waals surface area contributed by atoms with E-state index in [0.29, 0.717) is 18.0 Å². The van der Waals surface area contributed by atoms with Crippen molar-refractivity contribution in [2.24, 2.45) is 0 Å². The highest BCUT2D eigenvalue weighted by atomic mass is 32.2. The van der Waals surface area contributed by atoms with Crippen LogP contribution >= 0.6 is 0 Å². The Morgan fingerprint density at radius 1 is 0.809 bits per heavy atom. The molecular formula is C37H43N3O6S. The van der Waals surface area contributed by atoms with Crippen LogP contribution in [0.2, 0.25) is 0 Å². The first-order valence-corrected chi connectivity index (χ1v) is 17.1. The molecule has 0 bridgehead atoms. The number of nitrogens with zero attached hydrogens (tertiary/aromatic N) is 2. The molecule has 1 atom stereocenters. The molecule has 47 heavy (non-hydrogen) atoms. The Morgan fingerprint density at radius 3 is 2.06 bits per heavy atom. The smallest absolute Gasteiger partial charge is 0.264 e. The highest BCUT2D eigenvalue weighted by Gasteiger charge is 2.35. The van der Waals surface area contributed by atoms with Gasteiger partial charge >= 0.3 is 0 Å². The number of methoxy groups -OCH3 is 2. The molecule has 1 N–H and O–H groups in total. The van der Waals surface area contributed by atoms with E-state index in [4.69, 9.17) is 9.47 Å². The van der Waals surface area contributed by atoms with E-state index in [2.05, 4.69) is 5.32 Å². The summed E-state index contributed by atoms with van der Waals surface area (Å²) >= 11 is 0. The van der Waals surface area contributed by atoms with Crippen LogP contribution in [-0.4, -0.2) is 58.5 Å². The van der Waals surface area contributed by atoms with E-state index in [1.165, 1.54) is 37.3 Å². The maximum atomic E-state index is 14.6. The molecule has 9 nitrogen and oxygen atoms in total. The van der Waals surface area contributed by atoms with Gasteiger partial charge in [-0.25, -0.2) is 8.42 Å². The number of anilines is 1. The summed E-state index contributed by atoms with van der Waals surface area (Å²) in [6, 6.07) is 28.9. The normalized spacial score (nSPS) is 11.7. The Bertz CT molecular complexity index is 1710. The van der Waals surface area contributed by atoms with Crippen molar-refractivity contribution in [3.63, 3.8) is 0 Å². The van der Waals surface area contributed by atoms with Crippen LogP contribution in [0.4, 0.5) is 5.69 Å². The number of unbranched alkanes of at least 4 members (excludes halogenated alkanes) is 1. The average Bonchev–Trinajstić information content (AvgIpc) is 3.10. The van der Waals surface area contributed by atoms with Gasteiger partial charge in [0.1, 0.15) is 12.6 Å². The third kappa shape index (κ3) is 9.13. The number of carbonyl (C=O) groups excluding carboxylic acids is 2. The number of carbonyl (C=O) groups is 2. The van der Waals surface area contributed by atoms with Gasteiger partial charge < -0.3 is 19.7 Å². The first kappa shape index (κ1) is 35.0. The van der Waals surface area contributed by atoms with E-state index in [-0.39, 0.29) is 29.5 Å². The fraction of sp³-hybridized carbons (Fsp3) is 0.297. The minimum Gasteiger partial charge on any atom is -0.493 e. The molecule has 0 aliphatic carbocycles. The monoisotopic (exact) mass is 657 g/mol. The Kier molecular flexibility index (Phi) is 12.4. The van der Waals surface area contributed by atoms with E-state index >= 15 is 0 Å². The molecule has 0 radical (unpaired) electrons. The number of nitrogens with one attached hydrogen (secondary N) is 1. The summed E-state index contributed by atoms with van der Waals surface area (Å²) in [5.74, 6) is -0.121. The topological polar surface area (TPSA) is 105 Å². The lowest BCUT2D eigenvalue weighted by molar-refractivity contribution is -0.140. The Labute approximate surface area is 278 Å². The number of ether oxygens (including phenoxy) is 2. The second-order valence-electron chi connectivity index (χ2n) is 11.2. The Hall–Kier alpha value is -4.83. The number of rotatable bonds is 16. The summed E-state index contributed by atoms with van der Waals surface area (Å²) in [4.78, 5) is 30.0. The van der Waals surface area contributed by atoms with E-state index in [9.17, 15) is 18.0 Å². The molecule has 4 aromatic carbocycles.